The summed E-state index contributed by atoms with van der Waals surface area (Å²) in [7, 11) is -3.66. The van der Waals surface area contributed by atoms with Crippen molar-refractivity contribution in [3.05, 3.63) is 64.2 Å². The first-order chi connectivity index (χ1) is 9.88. The van der Waals surface area contributed by atoms with Crippen LogP contribution in [0.5, 0.6) is 0 Å². The number of nitrogens with one attached hydrogen (secondary N) is 1. The number of hydrogen-bond acceptors (Lipinski definition) is 3. The Labute approximate surface area is 129 Å². The number of sulfonamides is 1. The van der Waals surface area contributed by atoms with Crippen LogP contribution in [0, 0.1) is 13.8 Å². The fourth-order valence-corrected chi connectivity index (χ4v) is 3.01. The highest BCUT2D eigenvalue weighted by Crippen LogP contribution is 2.16. The van der Waals surface area contributed by atoms with Gasteiger partial charge in [0.25, 0.3) is 10.0 Å². The number of halogens is 1. The first-order valence-corrected chi connectivity index (χ1v) is 8.12. The summed E-state index contributed by atoms with van der Waals surface area (Å²) in [6, 6.07) is 12.1. The third-order valence-corrected chi connectivity index (χ3v) is 4.51. The van der Waals surface area contributed by atoms with Gasteiger partial charge in [-0.3, -0.25) is 0 Å². The molecule has 0 aliphatic carbocycles. The van der Waals surface area contributed by atoms with E-state index in [1.807, 2.05) is 13.0 Å². The standard InChI is InChI=1S/C15H15ClN2O2S/c1-11-3-8-15(12(2)9-11)21(19,20)18-17-10-13-4-6-14(16)7-5-13/h3-10,18H,1-2H3/b17-10+. The van der Waals surface area contributed by atoms with Crippen LogP contribution in [-0.2, 0) is 10.0 Å². The van der Waals surface area contributed by atoms with Crippen LogP contribution in [0.1, 0.15) is 16.7 Å². The van der Waals surface area contributed by atoms with Gasteiger partial charge in [-0.2, -0.15) is 13.5 Å². The average molecular weight is 323 g/mol. The molecule has 6 heteroatoms. The van der Waals surface area contributed by atoms with Gasteiger partial charge in [-0.1, -0.05) is 41.4 Å². The molecule has 0 amide bonds. The fourth-order valence-electron chi connectivity index (χ4n) is 1.87. The van der Waals surface area contributed by atoms with E-state index in [1.54, 1.807) is 43.3 Å². The lowest BCUT2D eigenvalue weighted by Crippen LogP contribution is -2.19. The van der Waals surface area contributed by atoms with Crippen LogP contribution in [0.15, 0.2) is 52.5 Å². The molecule has 0 aliphatic heterocycles. The van der Waals surface area contributed by atoms with Crippen molar-refractivity contribution in [1.29, 1.82) is 0 Å². The van der Waals surface area contributed by atoms with Gasteiger partial charge in [0.15, 0.2) is 0 Å². The maximum absolute atomic E-state index is 12.2. The van der Waals surface area contributed by atoms with Crippen molar-refractivity contribution in [2.45, 2.75) is 18.7 Å². The SMILES string of the molecule is Cc1ccc(S(=O)(=O)N/N=C/c2ccc(Cl)cc2)c(C)c1. The van der Waals surface area contributed by atoms with Crippen LogP contribution in [0.3, 0.4) is 0 Å². The Morgan fingerprint density at radius 2 is 1.76 bits per heavy atom. The second-order valence-corrected chi connectivity index (χ2v) is 6.74. The van der Waals surface area contributed by atoms with Crippen molar-refractivity contribution in [3.63, 3.8) is 0 Å². The normalized spacial score (nSPS) is 11.8. The van der Waals surface area contributed by atoms with Crippen LogP contribution < -0.4 is 4.83 Å². The van der Waals surface area contributed by atoms with E-state index < -0.39 is 10.0 Å². The fraction of sp³-hybridized carbons (Fsp3) is 0.133. The molecule has 0 fully saturated rings. The lowest BCUT2D eigenvalue weighted by atomic mass is 10.2. The van der Waals surface area contributed by atoms with E-state index in [1.165, 1.54) is 6.21 Å². The number of nitrogens with zero attached hydrogens (tertiary/aromatic N) is 1. The molecule has 0 saturated heterocycles. The molecule has 2 rings (SSSR count). The topological polar surface area (TPSA) is 58.5 Å². The average Bonchev–Trinajstić information content (AvgIpc) is 2.40. The molecule has 0 radical (unpaired) electrons. The molecule has 0 heterocycles. The number of benzene rings is 2. The van der Waals surface area contributed by atoms with Crippen molar-refractivity contribution in [1.82, 2.24) is 4.83 Å². The van der Waals surface area contributed by atoms with Gasteiger partial charge >= 0.3 is 0 Å². The third-order valence-electron chi connectivity index (χ3n) is 2.88. The minimum Gasteiger partial charge on any atom is -0.200 e. The Morgan fingerprint density at radius 3 is 2.38 bits per heavy atom. The Morgan fingerprint density at radius 1 is 1.10 bits per heavy atom. The Balaban J connectivity index is 2.16. The zero-order valence-corrected chi connectivity index (χ0v) is 13.2. The first-order valence-electron chi connectivity index (χ1n) is 6.26. The van der Waals surface area contributed by atoms with E-state index in [2.05, 4.69) is 9.93 Å². The molecule has 0 bridgehead atoms. The van der Waals surface area contributed by atoms with Crippen molar-refractivity contribution in [2.24, 2.45) is 5.10 Å². The van der Waals surface area contributed by atoms with Gasteiger partial charge in [0, 0.05) is 5.02 Å². The van der Waals surface area contributed by atoms with Gasteiger partial charge in [0.2, 0.25) is 0 Å². The summed E-state index contributed by atoms with van der Waals surface area (Å²) in [5.41, 5.74) is 2.45. The largest absolute Gasteiger partial charge is 0.276 e. The monoisotopic (exact) mass is 322 g/mol. The predicted octanol–water partition coefficient (Wildman–Crippen LogP) is 3.27. The van der Waals surface area contributed by atoms with Gasteiger partial charge in [-0.25, -0.2) is 4.83 Å². The summed E-state index contributed by atoms with van der Waals surface area (Å²) < 4.78 is 24.3. The Hall–Kier alpha value is -1.85. The molecular formula is C15H15ClN2O2S. The van der Waals surface area contributed by atoms with Gasteiger partial charge < -0.3 is 0 Å². The highest BCUT2D eigenvalue weighted by Gasteiger charge is 2.15. The van der Waals surface area contributed by atoms with Crippen LogP contribution in [0.4, 0.5) is 0 Å². The number of rotatable bonds is 4. The van der Waals surface area contributed by atoms with Gasteiger partial charge in [0.05, 0.1) is 11.1 Å². The highest BCUT2D eigenvalue weighted by molar-refractivity contribution is 7.89. The summed E-state index contributed by atoms with van der Waals surface area (Å²) >= 11 is 5.77. The molecule has 21 heavy (non-hydrogen) atoms. The second-order valence-electron chi connectivity index (χ2n) is 4.67. The maximum atomic E-state index is 12.2. The minimum atomic E-state index is -3.66. The summed E-state index contributed by atoms with van der Waals surface area (Å²) in [6.45, 7) is 3.67. The molecule has 0 spiro atoms. The summed E-state index contributed by atoms with van der Waals surface area (Å²) in [4.78, 5) is 2.43. The van der Waals surface area contributed by atoms with Gasteiger partial charge in [-0.15, -0.1) is 0 Å². The van der Waals surface area contributed by atoms with E-state index in [-0.39, 0.29) is 4.90 Å². The molecule has 110 valence electrons. The van der Waals surface area contributed by atoms with Crippen molar-refractivity contribution in [2.75, 3.05) is 0 Å². The second kappa shape index (κ2) is 6.28. The van der Waals surface area contributed by atoms with E-state index in [9.17, 15) is 8.42 Å². The van der Waals surface area contributed by atoms with E-state index in [4.69, 9.17) is 11.6 Å². The molecule has 0 aromatic heterocycles. The lowest BCUT2D eigenvalue weighted by molar-refractivity contribution is 0.584. The summed E-state index contributed by atoms with van der Waals surface area (Å²) in [6.07, 6.45) is 1.43. The predicted molar refractivity (Wildman–Crippen MR) is 85.3 cm³/mol. The minimum absolute atomic E-state index is 0.223. The quantitative estimate of drug-likeness (QED) is 0.693. The molecule has 2 aromatic carbocycles. The van der Waals surface area contributed by atoms with Gasteiger partial charge in [0.1, 0.15) is 0 Å². The Bertz CT molecular complexity index is 769. The number of hydrazone groups is 1. The molecular weight excluding hydrogens is 308 g/mol. The maximum Gasteiger partial charge on any atom is 0.276 e. The smallest absolute Gasteiger partial charge is 0.200 e. The van der Waals surface area contributed by atoms with Gasteiger partial charge in [-0.05, 0) is 43.2 Å². The molecule has 0 aliphatic rings. The van der Waals surface area contributed by atoms with Crippen LogP contribution in [-0.4, -0.2) is 14.6 Å². The molecule has 0 unspecified atom stereocenters. The van der Waals surface area contributed by atoms with Crippen molar-refractivity contribution < 1.29 is 8.42 Å². The van der Waals surface area contributed by atoms with E-state index in [0.717, 1.165) is 11.1 Å². The molecule has 1 N–H and O–H groups in total. The van der Waals surface area contributed by atoms with E-state index >= 15 is 0 Å². The summed E-state index contributed by atoms with van der Waals surface area (Å²) in [5.74, 6) is 0. The highest BCUT2D eigenvalue weighted by atomic mass is 35.5. The number of hydrogen-bond donors (Lipinski definition) is 1. The molecule has 2 aromatic rings. The molecule has 0 atom stereocenters. The first kappa shape index (κ1) is 15.5. The van der Waals surface area contributed by atoms with Crippen molar-refractivity contribution in [3.8, 4) is 0 Å². The van der Waals surface area contributed by atoms with E-state index in [0.29, 0.717) is 10.6 Å². The third kappa shape index (κ3) is 4.06. The number of aryl methyl sites for hydroxylation is 2. The van der Waals surface area contributed by atoms with Crippen LogP contribution in [0.2, 0.25) is 5.02 Å². The lowest BCUT2D eigenvalue weighted by Gasteiger charge is -2.07. The van der Waals surface area contributed by atoms with Crippen LogP contribution >= 0.6 is 11.6 Å². The Kier molecular flexibility index (Phi) is 4.65. The molecule has 0 saturated carbocycles. The van der Waals surface area contributed by atoms with Crippen LogP contribution in [0.25, 0.3) is 0 Å². The summed E-state index contributed by atoms with van der Waals surface area (Å²) in [5, 5.41) is 4.39. The zero-order valence-electron chi connectivity index (χ0n) is 11.7. The molecule has 4 nitrogen and oxygen atoms in total. The van der Waals surface area contributed by atoms with Crippen molar-refractivity contribution >= 4 is 27.8 Å². The zero-order chi connectivity index (χ0) is 15.5.